The van der Waals surface area contributed by atoms with Crippen LogP contribution in [0.2, 0.25) is 0 Å². The van der Waals surface area contributed by atoms with Crippen molar-refractivity contribution in [2.75, 3.05) is 23.0 Å². The minimum Gasteiger partial charge on any atom is -0.492 e. The first-order valence-corrected chi connectivity index (χ1v) is 15.4. The standard InChI is InChI=1S/C37H30N2O6/c1-2-44-29-14-8-7-13-28(29)38-20-21(19-30(38)40)37(43)45-23-17-15-22(16-18-23)39-35(41)33-31-24-9-3-4-10-25(24)32(34(33)36(39)42)27-12-6-5-11-26(27)31/h3-18,21,31-34H,2,19-20H2,1H3/t21-,31?,32?,33-,34+/m0/s1. The maximum absolute atomic E-state index is 14.0. The maximum Gasteiger partial charge on any atom is 0.316 e. The largest absolute Gasteiger partial charge is 0.492 e. The molecule has 4 aromatic carbocycles. The number of hydrogen-bond donors (Lipinski definition) is 0. The molecule has 0 aromatic heterocycles. The number of carbonyl (C=O) groups is 4. The molecule has 0 spiro atoms. The van der Waals surface area contributed by atoms with E-state index in [0.717, 1.165) is 22.3 Å². The molecule has 224 valence electrons. The molecule has 45 heavy (non-hydrogen) atoms. The van der Waals surface area contributed by atoms with E-state index < -0.39 is 23.7 Å². The van der Waals surface area contributed by atoms with Gasteiger partial charge in [-0.25, -0.2) is 4.90 Å². The summed E-state index contributed by atoms with van der Waals surface area (Å²) in [5.41, 5.74) is 5.57. The van der Waals surface area contributed by atoms with Gasteiger partial charge >= 0.3 is 5.97 Å². The van der Waals surface area contributed by atoms with Crippen LogP contribution in [0, 0.1) is 17.8 Å². The first kappa shape index (κ1) is 27.3. The number of amides is 3. The number of para-hydroxylation sites is 2. The summed E-state index contributed by atoms with van der Waals surface area (Å²) in [5, 5.41) is 0. The van der Waals surface area contributed by atoms with Gasteiger partial charge in [-0.05, 0) is 65.6 Å². The number of esters is 1. The average Bonchev–Trinajstić information content (AvgIpc) is 3.58. The van der Waals surface area contributed by atoms with Crippen LogP contribution in [0.1, 0.15) is 47.4 Å². The van der Waals surface area contributed by atoms with Gasteiger partial charge in [-0.1, -0.05) is 60.7 Å². The van der Waals surface area contributed by atoms with E-state index in [2.05, 4.69) is 24.3 Å². The van der Waals surface area contributed by atoms with Gasteiger partial charge < -0.3 is 14.4 Å². The van der Waals surface area contributed by atoms with Crippen molar-refractivity contribution in [1.82, 2.24) is 0 Å². The van der Waals surface area contributed by atoms with Crippen molar-refractivity contribution < 1.29 is 28.7 Å². The SMILES string of the molecule is CCOc1ccccc1N1C[C@@H](C(=O)Oc2ccc(N3C(=O)[C@@H]4C5c6ccccc6C(c6ccccc65)[C@@H]4C3=O)cc2)CC1=O. The number of hydrogen-bond acceptors (Lipinski definition) is 6. The summed E-state index contributed by atoms with van der Waals surface area (Å²) in [5.74, 6) is -2.17. The Morgan fingerprint density at radius 2 is 1.27 bits per heavy atom. The number of imide groups is 1. The highest BCUT2D eigenvalue weighted by Gasteiger charge is 2.61. The quantitative estimate of drug-likeness (QED) is 0.167. The van der Waals surface area contributed by atoms with Gasteiger partial charge in [0.15, 0.2) is 0 Å². The van der Waals surface area contributed by atoms with Crippen LogP contribution < -0.4 is 19.3 Å². The summed E-state index contributed by atoms with van der Waals surface area (Å²) in [4.78, 5) is 56.9. The summed E-state index contributed by atoms with van der Waals surface area (Å²) in [6, 6.07) is 30.0. The molecule has 3 atom stereocenters. The monoisotopic (exact) mass is 598 g/mol. The van der Waals surface area contributed by atoms with Crippen molar-refractivity contribution in [3.63, 3.8) is 0 Å². The number of carbonyl (C=O) groups excluding carboxylic acids is 4. The minimum absolute atomic E-state index is 0.0318. The smallest absolute Gasteiger partial charge is 0.316 e. The lowest BCUT2D eigenvalue weighted by atomic mass is 9.55. The Labute approximate surface area is 260 Å². The first-order valence-electron chi connectivity index (χ1n) is 15.4. The van der Waals surface area contributed by atoms with Crippen LogP contribution in [0.4, 0.5) is 11.4 Å². The number of benzene rings is 4. The predicted molar refractivity (Wildman–Crippen MR) is 166 cm³/mol. The molecule has 2 bridgehead atoms. The van der Waals surface area contributed by atoms with Crippen LogP contribution in [-0.4, -0.2) is 36.8 Å². The highest BCUT2D eigenvalue weighted by Crippen LogP contribution is 2.61. The molecule has 0 saturated carbocycles. The molecule has 2 heterocycles. The van der Waals surface area contributed by atoms with Crippen LogP contribution in [0.25, 0.3) is 0 Å². The molecular weight excluding hydrogens is 568 g/mol. The lowest BCUT2D eigenvalue weighted by Gasteiger charge is -2.45. The van der Waals surface area contributed by atoms with Gasteiger partial charge in [-0.15, -0.1) is 0 Å². The second kappa shape index (κ2) is 10.4. The molecule has 2 aliphatic heterocycles. The summed E-state index contributed by atoms with van der Waals surface area (Å²) < 4.78 is 11.3. The Balaban J connectivity index is 1.01. The van der Waals surface area contributed by atoms with Gasteiger partial charge in [0.2, 0.25) is 17.7 Å². The minimum atomic E-state index is -0.643. The lowest BCUT2D eigenvalue weighted by molar-refractivity contribution is -0.139. The second-order valence-corrected chi connectivity index (χ2v) is 12.0. The number of rotatable bonds is 6. The maximum atomic E-state index is 14.0. The molecule has 9 rings (SSSR count). The third kappa shape index (κ3) is 4.12. The van der Waals surface area contributed by atoms with Gasteiger partial charge in [0.25, 0.3) is 0 Å². The molecule has 8 heteroatoms. The number of anilines is 2. The molecule has 3 aliphatic carbocycles. The van der Waals surface area contributed by atoms with Crippen LogP contribution in [0.5, 0.6) is 11.5 Å². The molecular formula is C37H30N2O6. The van der Waals surface area contributed by atoms with E-state index in [1.54, 1.807) is 41.3 Å². The molecule has 8 nitrogen and oxygen atoms in total. The topological polar surface area (TPSA) is 93.2 Å². The zero-order valence-corrected chi connectivity index (χ0v) is 24.6. The molecule has 3 amide bonds. The summed E-state index contributed by atoms with van der Waals surface area (Å²) >= 11 is 0. The molecule has 0 unspecified atom stereocenters. The van der Waals surface area contributed by atoms with E-state index in [-0.39, 0.29) is 48.3 Å². The van der Waals surface area contributed by atoms with Crippen molar-refractivity contribution in [2.24, 2.45) is 17.8 Å². The third-order valence-corrected chi connectivity index (χ3v) is 9.68. The molecule has 5 aliphatic rings. The van der Waals surface area contributed by atoms with Crippen LogP contribution in [0.15, 0.2) is 97.1 Å². The normalized spacial score (nSPS) is 24.4. The lowest BCUT2D eigenvalue weighted by Crippen LogP contribution is -2.41. The van der Waals surface area contributed by atoms with Gasteiger partial charge in [-0.3, -0.25) is 19.2 Å². The Hall–Kier alpha value is -5.24. The Kier molecular flexibility index (Phi) is 6.34. The van der Waals surface area contributed by atoms with E-state index >= 15 is 0 Å². The van der Waals surface area contributed by atoms with E-state index in [9.17, 15) is 19.2 Å². The van der Waals surface area contributed by atoms with Crippen molar-refractivity contribution in [3.8, 4) is 11.5 Å². The Morgan fingerprint density at radius 3 is 1.82 bits per heavy atom. The van der Waals surface area contributed by atoms with Gasteiger partial charge in [0.1, 0.15) is 11.5 Å². The average molecular weight is 599 g/mol. The van der Waals surface area contributed by atoms with Gasteiger partial charge in [0, 0.05) is 24.8 Å². The first-order chi connectivity index (χ1) is 22.0. The summed E-state index contributed by atoms with van der Waals surface area (Å²) in [6.45, 7) is 2.52. The fraction of sp³-hybridized carbons (Fsp3) is 0.243. The van der Waals surface area contributed by atoms with E-state index in [0.29, 0.717) is 23.7 Å². The van der Waals surface area contributed by atoms with E-state index in [1.807, 2.05) is 43.3 Å². The van der Waals surface area contributed by atoms with E-state index in [1.165, 1.54) is 4.90 Å². The molecule has 0 radical (unpaired) electrons. The second-order valence-electron chi connectivity index (χ2n) is 12.0. The van der Waals surface area contributed by atoms with Gasteiger partial charge in [0.05, 0.1) is 35.7 Å². The zero-order valence-electron chi connectivity index (χ0n) is 24.6. The fourth-order valence-corrected chi connectivity index (χ4v) is 7.85. The molecule has 2 fully saturated rings. The summed E-state index contributed by atoms with van der Waals surface area (Å²) in [6.07, 6.45) is 0.0318. The van der Waals surface area contributed by atoms with E-state index in [4.69, 9.17) is 9.47 Å². The highest BCUT2D eigenvalue weighted by molar-refractivity contribution is 6.23. The Morgan fingerprint density at radius 1 is 0.733 bits per heavy atom. The van der Waals surface area contributed by atoms with Crippen molar-refractivity contribution in [3.05, 3.63) is 119 Å². The zero-order chi connectivity index (χ0) is 30.8. The fourth-order valence-electron chi connectivity index (χ4n) is 7.85. The van der Waals surface area contributed by atoms with Crippen molar-refractivity contribution in [2.45, 2.75) is 25.2 Å². The Bertz CT molecular complexity index is 1770. The highest BCUT2D eigenvalue weighted by atomic mass is 16.5. The van der Waals surface area contributed by atoms with Crippen molar-refractivity contribution >= 4 is 35.1 Å². The molecule has 2 saturated heterocycles. The number of nitrogens with zero attached hydrogens (tertiary/aromatic N) is 2. The third-order valence-electron chi connectivity index (χ3n) is 9.68. The van der Waals surface area contributed by atoms with Crippen LogP contribution >= 0.6 is 0 Å². The van der Waals surface area contributed by atoms with Gasteiger partial charge in [-0.2, -0.15) is 0 Å². The number of ether oxygens (including phenoxy) is 2. The summed E-state index contributed by atoms with van der Waals surface area (Å²) in [7, 11) is 0. The van der Waals surface area contributed by atoms with Crippen molar-refractivity contribution in [1.29, 1.82) is 0 Å². The molecule has 0 N–H and O–H groups in total. The predicted octanol–water partition coefficient (Wildman–Crippen LogP) is 5.44. The van der Waals surface area contributed by atoms with Crippen LogP contribution in [0.3, 0.4) is 0 Å². The van der Waals surface area contributed by atoms with Crippen LogP contribution in [-0.2, 0) is 19.2 Å². The molecule has 4 aromatic rings.